The van der Waals surface area contributed by atoms with Gasteiger partial charge >= 0.3 is 0 Å². The van der Waals surface area contributed by atoms with Crippen LogP contribution < -0.4 is 5.32 Å². The first-order valence-corrected chi connectivity index (χ1v) is 9.09. The summed E-state index contributed by atoms with van der Waals surface area (Å²) in [5.74, 6) is 0.727. The lowest BCUT2D eigenvalue weighted by molar-refractivity contribution is 0.371. The fourth-order valence-electron chi connectivity index (χ4n) is 3.17. The largest absolute Gasteiger partial charge is 0.305 e. The minimum absolute atomic E-state index is 0.417. The van der Waals surface area contributed by atoms with Gasteiger partial charge in [0.2, 0.25) is 0 Å². The molecule has 1 aromatic carbocycles. The first-order chi connectivity index (χ1) is 10.3. The Kier molecular flexibility index (Phi) is 5.23. The number of thiophene rings is 1. The van der Waals surface area contributed by atoms with E-state index < -0.39 is 0 Å². The number of hydrogen-bond acceptors (Lipinski definition) is 2. The van der Waals surface area contributed by atoms with E-state index >= 15 is 0 Å². The quantitative estimate of drug-likeness (QED) is 0.696. The smallest absolute Gasteiger partial charge is 0.0465 e. The highest BCUT2D eigenvalue weighted by molar-refractivity contribution is 7.10. The van der Waals surface area contributed by atoms with Crippen LogP contribution in [0.3, 0.4) is 0 Å². The summed E-state index contributed by atoms with van der Waals surface area (Å²) in [6.07, 6.45) is 5.32. The van der Waals surface area contributed by atoms with Crippen molar-refractivity contribution in [3.05, 3.63) is 56.2 Å². The van der Waals surface area contributed by atoms with Crippen LogP contribution >= 0.6 is 34.5 Å². The summed E-state index contributed by atoms with van der Waals surface area (Å²) in [7, 11) is 0. The van der Waals surface area contributed by atoms with Crippen LogP contribution in [0.1, 0.15) is 42.2 Å². The van der Waals surface area contributed by atoms with Gasteiger partial charge in [-0.1, -0.05) is 48.2 Å². The molecule has 1 aliphatic carbocycles. The number of nitrogens with one attached hydrogen (secondary N) is 1. The van der Waals surface area contributed by atoms with Gasteiger partial charge in [-0.25, -0.2) is 0 Å². The molecule has 1 N–H and O–H groups in total. The Morgan fingerprint density at radius 1 is 1.10 bits per heavy atom. The zero-order valence-corrected chi connectivity index (χ0v) is 14.1. The van der Waals surface area contributed by atoms with Crippen molar-refractivity contribution in [3.63, 3.8) is 0 Å². The first kappa shape index (κ1) is 15.4. The first-order valence-electron chi connectivity index (χ1n) is 7.45. The molecule has 21 heavy (non-hydrogen) atoms. The molecule has 1 unspecified atom stereocenters. The summed E-state index contributed by atoms with van der Waals surface area (Å²) in [5.41, 5.74) is 1.00. The molecule has 112 valence electrons. The van der Waals surface area contributed by atoms with Crippen molar-refractivity contribution >= 4 is 34.5 Å². The fourth-order valence-corrected chi connectivity index (χ4v) is 4.60. The van der Waals surface area contributed by atoms with Crippen molar-refractivity contribution in [2.75, 3.05) is 0 Å². The summed E-state index contributed by atoms with van der Waals surface area (Å²) in [6, 6.07) is 10.5. The molecule has 1 aliphatic rings. The standard InChI is InChI=1S/C17H19Cl2NS/c18-14-7-3-8-15(19)13(14)11-20-17(12-5-1-2-6-12)16-9-4-10-21-16/h3-4,7-10,12,17,20H,1-2,5-6,11H2. The van der Waals surface area contributed by atoms with Crippen molar-refractivity contribution in [2.45, 2.75) is 38.3 Å². The van der Waals surface area contributed by atoms with Crippen LogP contribution in [-0.4, -0.2) is 0 Å². The molecule has 1 fully saturated rings. The molecule has 1 atom stereocenters. The molecule has 4 heteroatoms. The van der Waals surface area contributed by atoms with Crippen LogP contribution in [0.15, 0.2) is 35.7 Å². The number of rotatable bonds is 5. The van der Waals surface area contributed by atoms with Gasteiger partial charge in [-0.15, -0.1) is 11.3 Å². The second-order valence-corrected chi connectivity index (χ2v) is 7.41. The van der Waals surface area contributed by atoms with Crippen LogP contribution in [-0.2, 0) is 6.54 Å². The van der Waals surface area contributed by atoms with Gasteiger partial charge in [-0.05, 0) is 42.3 Å². The number of benzene rings is 1. The molecule has 0 aliphatic heterocycles. The highest BCUT2D eigenvalue weighted by atomic mass is 35.5. The van der Waals surface area contributed by atoms with Gasteiger partial charge in [0.15, 0.2) is 0 Å². The van der Waals surface area contributed by atoms with E-state index in [2.05, 4.69) is 22.8 Å². The van der Waals surface area contributed by atoms with Crippen LogP contribution in [0.4, 0.5) is 0 Å². The van der Waals surface area contributed by atoms with E-state index in [1.165, 1.54) is 30.6 Å². The molecule has 1 heterocycles. The predicted molar refractivity (Wildman–Crippen MR) is 92.3 cm³/mol. The molecule has 1 aromatic heterocycles. The highest BCUT2D eigenvalue weighted by Gasteiger charge is 2.26. The van der Waals surface area contributed by atoms with Crippen LogP contribution in [0.5, 0.6) is 0 Å². The van der Waals surface area contributed by atoms with Crippen molar-refractivity contribution in [1.82, 2.24) is 5.32 Å². The minimum atomic E-state index is 0.417. The maximum absolute atomic E-state index is 6.28. The van der Waals surface area contributed by atoms with E-state index in [-0.39, 0.29) is 0 Å². The predicted octanol–water partition coefficient (Wildman–Crippen LogP) is 6.08. The normalized spacial score (nSPS) is 17.2. The monoisotopic (exact) mass is 339 g/mol. The zero-order chi connectivity index (χ0) is 14.7. The fraction of sp³-hybridized carbons (Fsp3) is 0.412. The third-order valence-corrected chi connectivity index (χ3v) is 5.95. The summed E-state index contributed by atoms with van der Waals surface area (Å²) in [4.78, 5) is 1.42. The molecular formula is C17H19Cl2NS. The molecule has 2 aromatic rings. The third kappa shape index (κ3) is 3.62. The maximum Gasteiger partial charge on any atom is 0.0465 e. The van der Waals surface area contributed by atoms with Crippen molar-refractivity contribution < 1.29 is 0 Å². The van der Waals surface area contributed by atoms with Gasteiger partial charge in [0.25, 0.3) is 0 Å². The molecule has 0 radical (unpaired) electrons. The van der Waals surface area contributed by atoms with E-state index in [4.69, 9.17) is 23.2 Å². The van der Waals surface area contributed by atoms with Crippen LogP contribution in [0, 0.1) is 5.92 Å². The lowest BCUT2D eigenvalue weighted by Gasteiger charge is -2.24. The minimum Gasteiger partial charge on any atom is -0.305 e. The Morgan fingerprint density at radius 3 is 2.43 bits per heavy atom. The highest BCUT2D eigenvalue weighted by Crippen LogP contribution is 2.38. The van der Waals surface area contributed by atoms with Crippen molar-refractivity contribution in [1.29, 1.82) is 0 Å². The van der Waals surface area contributed by atoms with E-state index in [9.17, 15) is 0 Å². The summed E-state index contributed by atoms with van der Waals surface area (Å²) >= 11 is 14.4. The molecular weight excluding hydrogens is 321 g/mol. The maximum atomic E-state index is 6.28. The van der Waals surface area contributed by atoms with E-state index in [0.29, 0.717) is 6.04 Å². The topological polar surface area (TPSA) is 12.0 Å². The molecule has 1 saturated carbocycles. The molecule has 0 spiro atoms. The van der Waals surface area contributed by atoms with Gasteiger partial charge in [-0.3, -0.25) is 0 Å². The van der Waals surface area contributed by atoms with Gasteiger partial charge in [0.1, 0.15) is 0 Å². The van der Waals surface area contributed by atoms with E-state index in [1.807, 2.05) is 29.5 Å². The summed E-state index contributed by atoms with van der Waals surface area (Å²) in [6.45, 7) is 0.720. The Bertz CT molecular complexity index is 556. The van der Waals surface area contributed by atoms with Gasteiger partial charge in [-0.2, -0.15) is 0 Å². The van der Waals surface area contributed by atoms with E-state index in [1.54, 1.807) is 0 Å². The number of halogens is 2. The Balaban J connectivity index is 1.76. The average Bonchev–Trinajstić information content (AvgIpc) is 3.15. The van der Waals surface area contributed by atoms with Gasteiger partial charge in [0.05, 0.1) is 0 Å². The van der Waals surface area contributed by atoms with Crippen LogP contribution in [0.25, 0.3) is 0 Å². The lowest BCUT2D eigenvalue weighted by atomic mass is 9.96. The second-order valence-electron chi connectivity index (χ2n) is 5.62. The lowest BCUT2D eigenvalue weighted by Crippen LogP contribution is -2.26. The SMILES string of the molecule is Clc1cccc(Cl)c1CNC(c1cccs1)C1CCCC1. The Morgan fingerprint density at radius 2 is 1.81 bits per heavy atom. The molecule has 1 nitrogen and oxygen atoms in total. The average molecular weight is 340 g/mol. The molecule has 0 bridgehead atoms. The molecule has 0 amide bonds. The zero-order valence-electron chi connectivity index (χ0n) is 11.8. The number of hydrogen-bond donors (Lipinski definition) is 1. The molecule has 0 saturated heterocycles. The second kappa shape index (κ2) is 7.15. The van der Waals surface area contributed by atoms with Gasteiger partial charge < -0.3 is 5.32 Å². The Labute approximate surface area is 140 Å². The van der Waals surface area contributed by atoms with Gasteiger partial charge in [0, 0.05) is 33.1 Å². The Hall–Kier alpha value is -0.540. The summed E-state index contributed by atoms with van der Waals surface area (Å²) in [5, 5.41) is 7.34. The third-order valence-electron chi connectivity index (χ3n) is 4.28. The van der Waals surface area contributed by atoms with Crippen molar-refractivity contribution in [3.8, 4) is 0 Å². The van der Waals surface area contributed by atoms with Crippen molar-refractivity contribution in [2.24, 2.45) is 5.92 Å². The van der Waals surface area contributed by atoms with Crippen LogP contribution in [0.2, 0.25) is 10.0 Å². The molecule has 3 rings (SSSR count). The summed E-state index contributed by atoms with van der Waals surface area (Å²) < 4.78 is 0. The van der Waals surface area contributed by atoms with E-state index in [0.717, 1.165) is 28.1 Å².